The maximum atomic E-state index is 12.8. The minimum atomic E-state index is 0.0813. The minimum Gasteiger partial charge on any atom is -0.342 e. The molecule has 2 aliphatic heterocycles. The highest BCUT2D eigenvalue weighted by atomic mass is 16.2. The molecule has 144 valence electrons. The molecule has 1 spiro atoms. The monoisotopic (exact) mass is 360 g/mol. The van der Waals surface area contributed by atoms with Gasteiger partial charge in [-0.15, -0.1) is 0 Å². The molecule has 0 N–H and O–H groups in total. The highest BCUT2D eigenvalue weighted by Crippen LogP contribution is 2.39. The van der Waals surface area contributed by atoms with Gasteiger partial charge in [0.1, 0.15) is 6.54 Å². The average molecular weight is 361 g/mol. The Labute approximate surface area is 156 Å². The molecule has 0 unspecified atom stereocenters. The Morgan fingerprint density at radius 2 is 2.12 bits per heavy atom. The number of likely N-dealkylation sites (tertiary alicyclic amines) is 2. The predicted molar refractivity (Wildman–Crippen MR) is 100 cm³/mol. The predicted octanol–water partition coefficient (Wildman–Crippen LogP) is 2.47. The number of nitrogens with zero attached hydrogens (tertiary/aromatic N) is 4. The number of aromatic nitrogens is 2. The summed E-state index contributed by atoms with van der Waals surface area (Å²) in [5.74, 6) is 1.02. The first-order valence-electron chi connectivity index (χ1n) is 9.92. The van der Waals surface area contributed by atoms with E-state index in [9.17, 15) is 9.59 Å². The summed E-state index contributed by atoms with van der Waals surface area (Å²) in [7, 11) is 0. The zero-order chi connectivity index (χ0) is 18.7. The lowest BCUT2D eigenvalue weighted by Gasteiger charge is -2.48. The van der Waals surface area contributed by atoms with Crippen molar-refractivity contribution in [2.45, 2.75) is 59.4 Å². The second kappa shape index (κ2) is 7.80. The maximum absolute atomic E-state index is 12.8. The van der Waals surface area contributed by atoms with Gasteiger partial charge in [0.15, 0.2) is 0 Å². The smallest absolute Gasteiger partial charge is 0.244 e. The highest BCUT2D eigenvalue weighted by Gasteiger charge is 2.42. The molecule has 3 rings (SSSR count). The van der Waals surface area contributed by atoms with Crippen molar-refractivity contribution in [3.05, 3.63) is 18.0 Å². The molecule has 2 saturated heterocycles. The molecule has 0 saturated carbocycles. The molecule has 6 heteroatoms. The topological polar surface area (TPSA) is 58.4 Å². The van der Waals surface area contributed by atoms with Gasteiger partial charge in [-0.25, -0.2) is 0 Å². The largest absolute Gasteiger partial charge is 0.342 e. The Morgan fingerprint density at radius 3 is 2.81 bits per heavy atom. The van der Waals surface area contributed by atoms with Crippen LogP contribution in [-0.4, -0.2) is 57.6 Å². The molecule has 2 fully saturated rings. The maximum Gasteiger partial charge on any atom is 0.244 e. The van der Waals surface area contributed by atoms with Crippen LogP contribution < -0.4 is 0 Å². The fourth-order valence-corrected chi connectivity index (χ4v) is 4.27. The molecule has 1 atom stereocenters. The Balaban J connectivity index is 1.63. The van der Waals surface area contributed by atoms with Crippen molar-refractivity contribution in [1.82, 2.24) is 19.6 Å². The molecule has 1 aromatic rings. The fourth-order valence-electron chi connectivity index (χ4n) is 4.27. The number of rotatable bonds is 5. The molecule has 0 aliphatic carbocycles. The number of hydrogen-bond donors (Lipinski definition) is 0. The third kappa shape index (κ3) is 4.27. The van der Waals surface area contributed by atoms with Crippen molar-refractivity contribution in [2.75, 3.05) is 26.2 Å². The third-order valence-electron chi connectivity index (χ3n) is 5.95. The van der Waals surface area contributed by atoms with E-state index in [1.54, 1.807) is 10.9 Å². The van der Waals surface area contributed by atoms with Crippen molar-refractivity contribution in [1.29, 1.82) is 0 Å². The van der Waals surface area contributed by atoms with Crippen molar-refractivity contribution in [3.8, 4) is 0 Å². The number of hydrogen-bond acceptors (Lipinski definition) is 3. The normalized spacial score (nSPS) is 23.9. The molecule has 26 heavy (non-hydrogen) atoms. The zero-order valence-electron chi connectivity index (χ0n) is 16.4. The molecule has 0 bridgehead atoms. The molecular formula is C20H32N4O2. The summed E-state index contributed by atoms with van der Waals surface area (Å²) in [6, 6.07) is 1.92. The minimum absolute atomic E-state index is 0.0813. The highest BCUT2D eigenvalue weighted by molar-refractivity contribution is 5.78. The average Bonchev–Trinajstić information content (AvgIpc) is 3.01. The molecule has 6 nitrogen and oxygen atoms in total. The van der Waals surface area contributed by atoms with Crippen LogP contribution in [0.2, 0.25) is 0 Å². The van der Waals surface area contributed by atoms with Crippen LogP contribution in [-0.2, 0) is 16.1 Å². The summed E-state index contributed by atoms with van der Waals surface area (Å²) in [6.45, 7) is 9.92. The summed E-state index contributed by atoms with van der Waals surface area (Å²) in [5, 5.41) is 4.23. The van der Waals surface area contributed by atoms with Crippen LogP contribution in [0.3, 0.4) is 0 Å². The summed E-state index contributed by atoms with van der Waals surface area (Å²) >= 11 is 0. The van der Waals surface area contributed by atoms with Crippen molar-refractivity contribution < 1.29 is 9.59 Å². The van der Waals surface area contributed by atoms with Gasteiger partial charge in [-0.2, -0.15) is 5.10 Å². The zero-order valence-corrected chi connectivity index (χ0v) is 16.4. The van der Waals surface area contributed by atoms with Crippen LogP contribution in [0.15, 0.2) is 12.3 Å². The summed E-state index contributed by atoms with van der Waals surface area (Å²) < 4.78 is 1.77. The van der Waals surface area contributed by atoms with Crippen LogP contribution in [0.25, 0.3) is 0 Å². The van der Waals surface area contributed by atoms with Gasteiger partial charge in [0.2, 0.25) is 11.8 Å². The molecule has 2 amide bonds. The van der Waals surface area contributed by atoms with Crippen LogP contribution in [0.5, 0.6) is 0 Å². The van der Waals surface area contributed by atoms with E-state index in [1.165, 1.54) is 0 Å². The first kappa shape index (κ1) is 18.9. The Morgan fingerprint density at radius 1 is 1.31 bits per heavy atom. The molecular weight excluding hydrogens is 328 g/mol. The van der Waals surface area contributed by atoms with Crippen LogP contribution in [0, 0.1) is 18.3 Å². The second-order valence-electron chi connectivity index (χ2n) is 8.55. The Kier molecular flexibility index (Phi) is 5.68. The van der Waals surface area contributed by atoms with Crippen molar-refractivity contribution in [2.24, 2.45) is 11.3 Å². The van der Waals surface area contributed by atoms with Crippen LogP contribution in [0.4, 0.5) is 0 Å². The lowest BCUT2D eigenvalue weighted by atomic mass is 9.73. The summed E-state index contributed by atoms with van der Waals surface area (Å²) in [6.07, 6.45) is 6.45. The Hall–Kier alpha value is -1.85. The molecule has 1 aromatic heterocycles. The van der Waals surface area contributed by atoms with Crippen molar-refractivity contribution >= 4 is 11.8 Å². The Bertz CT molecular complexity index is 654. The van der Waals surface area contributed by atoms with E-state index in [2.05, 4.69) is 23.8 Å². The van der Waals surface area contributed by atoms with E-state index in [1.807, 2.05) is 17.9 Å². The number of aryl methyl sites for hydroxylation is 1. The van der Waals surface area contributed by atoms with Gasteiger partial charge in [-0.3, -0.25) is 14.3 Å². The van der Waals surface area contributed by atoms with Crippen LogP contribution in [0.1, 0.15) is 51.6 Å². The first-order valence-corrected chi connectivity index (χ1v) is 9.92. The number of amides is 2. The van der Waals surface area contributed by atoms with Gasteiger partial charge in [-0.1, -0.05) is 13.8 Å². The van der Waals surface area contributed by atoms with E-state index in [0.717, 1.165) is 57.6 Å². The SMILES string of the molecule is Cc1ccnn1CC(=O)N1CCC[C@]2(CCC(=O)N(CCC(C)C)C2)C1. The van der Waals surface area contributed by atoms with E-state index in [-0.39, 0.29) is 17.2 Å². The second-order valence-corrected chi connectivity index (χ2v) is 8.55. The lowest BCUT2D eigenvalue weighted by Crippen LogP contribution is -2.55. The quantitative estimate of drug-likeness (QED) is 0.810. The molecule has 2 aliphatic rings. The molecule has 3 heterocycles. The van der Waals surface area contributed by atoms with Gasteiger partial charge in [0.25, 0.3) is 0 Å². The number of piperidine rings is 2. The van der Waals surface area contributed by atoms with Crippen molar-refractivity contribution in [3.63, 3.8) is 0 Å². The summed E-state index contributed by atoms with van der Waals surface area (Å²) in [5.41, 5.74) is 1.09. The van der Waals surface area contributed by atoms with E-state index >= 15 is 0 Å². The third-order valence-corrected chi connectivity index (χ3v) is 5.95. The van der Waals surface area contributed by atoms with E-state index < -0.39 is 0 Å². The van der Waals surface area contributed by atoms with E-state index in [0.29, 0.717) is 18.9 Å². The number of carbonyl (C=O) groups excluding carboxylic acids is 2. The van der Waals surface area contributed by atoms with Gasteiger partial charge >= 0.3 is 0 Å². The van der Waals surface area contributed by atoms with Gasteiger partial charge in [0.05, 0.1) is 0 Å². The molecule has 0 radical (unpaired) electrons. The van der Waals surface area contributed by atoms with E-state index in [4.69, 9.17) is 0 Å². The standard InChI is InChI=1S/C20H32N4O2/c1-16(2)7-12-23-15-20(9-5-18(23)25)8-4-11-22(14-20)19(26)13-24-17(3)6-10-21-24/h6,10,16H,4-5,7-9,11-15H2,1-3H3/t20-/m0/s1. The fraction of sp³-hybridized carbons (Fsp3) is 0.750. The van der Waals surface area contributed by atoms with Gasteiger partial charge in [-0.05, 0) is 44.6 Å². The van der Waals surface area contributed by atoms with Gasteiger partial charge in [0, 0.05) is 49.9 Å². The summed E-state index contributed by atoms with van der Waals surface area (Å²) in [4.78, 5) is 29.2. The molecule has 0 aromatic carbocycles. The lowest BCUT2D eigenvalue weighted by molar-refractivity contribution is -0.143. The van der Waals surface area contributed by atoms with Gasteiger partial charge < -0.3 is 9.80 Å². The van der Waals surface area contributed by atoms with Crippen LogP contribution >= 0.6 is 0 Å². The number of carbonyl (C=O) groups is 2. The first-order chi connectivity index (χ1) is 12.4.